The maximum Gasteiger partial charge on any atom is 0.253 e. The third-order valence-corrected chi connectivity index (χ3v) is 3.04. The van der Waals surface area contributed by atoms with E-state index in [4.69, 9.17) is 5.73 Å². The van der Waals surface area contributed by atoms with E-state index in [1.54, 1.807) is 6.07 Å². The fourth-order valence-electron chi connectivity index (χ4n) is 2.16. The van der Waals surface area contributed by atoms with Crippen LogP contribution in [0.2, 0.25) is 0 Å². The standard InChI is InChI=1S/C12H16N2O/c1-7(2)9-6-14-12(15)11-8(9)4-3-5-10(11)13/h3-5,7,9H,6,13H2,1-2H3,(H,14,15). The Hall–Kier alpha value is -1.51. The maximum atomic E-state index is 11.7. The van der Waals surface area contributed by atoms with Crippen LogP contribution in [-0.4, -0.2) is 12.5 Å². The summed E-state index contributed by atoms with van der Waals surface area (Å²) < 4.78 is 0. The molecule has 2 rings (SSSR count). The van der Waals surface area contributed by atoms with E-state index in [0.717, 1.165) is 5.56 Å². The molecule has 1 amide bonds. The van der Waals surface area contributed by atoms with Gasteiger partial charge in [0.1, 0.15) is 0 Å². The SMILES string of the molecule is CC(C)C1CNC(=O)c2c(N)cccc21. The summed E-state index contributed by atoms with van der Waals surface area (Å²) in [6, 6.07) is 5.71. The van der Waals surface area contributed by atoms with Gasteiger partial charge in [0.05, 0.1) is 5.56 Å². The van der Waals surface area contributed by atoms with Crippen molar-refractivity contribution in [1.29, 1.82) is 0 Å². The molecule has 1 atom stereocenters. The van der Waals surface area contributed by atoms with E-state index in [1.807, 2.05) is 12.1 Å². The van der Waals surface area contributed by atoms with Crippen molar-refractivity contribution in [2.45, 2.75) is 19.8 Å². The Morgan fingerprint density at radius 2 is 2.20 bits per heavy atom. The van der Waals surface area contributed by atoms with Crippen LogP contribution in [0.5, 0.6) is 0 Å². The largest absolute Gasteiger partial charge is 0.398 e. The average Bonchev–Trinajstić information content (AvgIpc) is 2.17. The Balaban J connectivity index is 2.55. The molecule has 3 nitrogen and oxygen atoms in total. The van der Waals surface area contributed by atoms with Gasteiger partial charge in [0.2, 0.25) is 0 Å². The predicted octanol–water partition coefficient (Wildman–Crippen LogP) is 1.75. The van der Waals surface area contributed by atoms with Crippen LogP contribution in [0.15, 0.2) is 18.2 Å². The summed E-state index contributed by atoms with van der Waals surface area (Å²) in [6.07, 6.45) is 0. The zero-order valence-corrected chi connectivity index (χ0v) is 9.08. The van der Waals surface area contributed by atoms with Crippen molar-refractivity contribution >= 4 is 11.6 Å². The van der Waals surface area contributed by atoms with Gasteiger partial charge in [-0.2, -0.15) is 0 Å². The van der Waals surface area contributed by atoms with Crippen molar-refractivity contribution in [2.75, 3.05) is 12.3 Å². The Morgan fingerprint density at radius 1 is 1.47 bits per heavy atom. The van der Waals surface area contributed by atoms with Gasteiger partial charge < -0.3 is 11.1 Å². The summed E-state index contributed by atoms with van der Waals surface area (Å²) in [5.41, 5.74) is 8.17. The molecule has 1 unspecified atom stereocenters. The molecule has 80 valence electrons. The number of benzene rings is 1. The minimum absolute atomic E-state index is 0.0417. The number of hydrogen-bond donors (Lipinski definition) is 2. The molecule has 0 radical (unpaired) electrons. The molecular weight excluding hydrogens is 188 g/mol. The second-order valence-electron chi connectivity index (χ2n) is 4.37. The molecule has 0 saturated carbocycles. The molecule has 1 aromatic carbocycles. The summed E-state index contributed by atoms with van der Waals surface area (Å²) >= 11 is 0. The van der Waals surface area contributed by atoms with Crippen molar-refractivity contribution in [2.24, 2.45) is 5.92 Å². The van der Waals surface area contributed by atoms with Gasteiger partial charge in [-0.1, -0.05) is 26.0 Å². The van der Waals surface area contributed by atoms with Gasteiger partial charge >= 0.3 is 0 Å². The van der Waals surface area contributed by atoms with Crippen LogP contribution in [0.1, 0.15) is 35.7 Å². The molecule has 0 aliphatic carbocycles. The molecule has 0 fully saturated rings. The number of carbonyl (C=O) groups excluding carboxylic acids is 1. The number of rotatable bonds is 1. The quantitative estimate of drug-likeness (QED) is 0.685. The zero-order valence-electron chi connectivity index (χ0n) is 9.08. The number of nitrogens with one attached hydrogen (secondary N) is 1. The molecule has 1 aliphatic heterocycles. The summed E-state index contributed by atoms with van der Waals surface area (Å²) in [5, 5.41) is 2.89. The fraction of sp³-hybridized carbons (Fsp3) is 0.417. The second kappa shape index (κ2) is 3.57. The van der Waals surface area contributed by atoms with Gasteiger partial charge in [0, 0.05) is 18.2 Å². The molecule has 1 aliphatic rings. The lowest BCUT2D eigenvalue weighted by molar-refractivity contribution is 0.0937. The van der Waals surface area contributed by atoms with Gasteiger partial charge in [-0.3, -0.25) is 4.79 Å². The van der Waals surface area contributed by atoms with E-state index in [9.17, 15) is 4.79 Å². The third-order valence-electron chi connectivity index (χ3n) is 3.04. The van der Waals surface area contributed by atoms with Crippen molar-refractivity contribution in [3.8, 4) is 0 Å². The van der Waals surface area contributed by atoms with E-state index in [1.165, 1.54) is 0 Å². The Morgan fingerprint density at radius 3 is 2.87 bits per heavy atom. The zero-order chi connectivity index (χ0) is 11.0. The number of nitrogen functional groups attached to an aromatic ring is 1. The molecule has 15 heavy (non-hydrogen) atoms. The monoisotopic (exact) mass is 204 g/mol. The van der Waals surface area contributed by atoms with Crippen molar-refractivity contribution in [3.05, 3.63) is 29.3 Å². The molecule has 1 heterocycles. The molecule has 3 N–H and O–H groups in total. The molecule has 3 heteroatoms. The highest BCUT2D eigenvalue weighted by molar-refractivity contribution is 6.01. The van der Waals surface area contributed by atoms with Crippen LogP contribution in [0, 0.1) is 5.92 Å². The van der Waals surface area contributed by atoms with E-state index in [-0.39, 0.29) is 5.91 Å². The van der Waals surface area contributed by atoms with Gasteiger partial charge in [-0.15, -0.1) is 0 Å². The highest BCUT2D eigenvalue weighted by atomic mass is 16.1. The molecular formula is C12H16N2O. The lowest BCUT2D eigenvalue weighted by Gasteiger charge is -2.29. The van der Waals surface area contributed by atoms with E-state index in [0.29, 0.717) is 29.6 Å². The molecule has 0 saturated heterocycles. The lowest BCUT2D eigenvalue weighted by Crippen LogP contribution is -2.37. The lowest BCUT2D eigenvalue weighted by atomic mass is 9.82. The van der Waals surface area contributed by atoms with Crippen LogP contribution in [-0.2, 0) is 0 Å². The van der Waals surface area contributed by atoms with E-state index >= 15 is 0 Å². The second-order valence-corrected chi connectivity index (χ2v) is 4.37. The molecule has 1 aromatic rings. The number of amides is 1. The molecule has 0 aromatic heterocycles. The maximum absolute atomic E-state index is 11.7. The van der Waals surface area contributed by atoms with Crippen LogP contribution >= 0.6 is 0 Å². The van der Waals surface area contributed by atoms with Gasteiger partial charge in [-0.25, -0.2) is 0 Å². The number of carbonyl (C=O) groups is 1. The fourth-order valence-corrected chi connectivity index (χ4v) is 2.16. The first kappa shape index (κ1) is 10.0. The highest BCUT2D eigenvalue weighted by Crippen LogP contribution is 2.32. The normalized spacial score (nSPS) is 19.9. The van der Waals surface area contributed by atoms with Crippen LogP contribution in [0.25, 0.3) is 0 Å². The summed E-state index contributed by atoms with van der Waals surface area (Å²) in [6.45, 7) is 5.04. The van der Waals surface area contributed by atoms with E-state index in [2.05, 4.69) is 19.2 Å². The topological polar surface area (TPSA) is 55.1 Å². The highest BCUT2D eigenvalue weighted by Gasteiger charge is 2.28. The number of nitrogens with two attached hydrogens (primary N) is 1. The van der Waals surface area contributed by atoms with Crippen molar-refractivity contribution < 1.29 is 4.79 Å². The van der Waals surface area contributed by atoms with Crippen LogP contribution in [0.3, 0.4) is 0 Å². The summed E-state index contributed by atoms with van der Waals surface area (Å²) in [5.74, 6) is 0.840. The smallest absolute Gasteiger partial charge is 0.253 e. The Bertz CT molecular complexity index is 399. The van der Waals surface area contributed by atoms with Crippen LogP contribution < -0.4 is 11.1 Å². The number of fused-ring (bicyclic) bond motifs is 1. The van der Waals surface area contributed by atoms with Crippen molar-refractivity contribution in [1.82, 2.24) is 5.32 Å². The summed E-state index contributed by atoms with van der Waals surface area (Å²) in [7, 11) is 0. The van der Waals surface area contributed by atoms with Gasteiger partial charge in [0.15, 0.2) is 0 Å². The average molecular weight is 204 g/mol. The molecule has 0 bridgehead atoms. The van der Waals surface area contributed by atoms with Crippen LogP contribution in [0.4, 0.5) is 5.69 Å². The third kappa shape index (κ3) is 1.58. The predicted molar refractivity (Wildman–Crippen MR) is 60.8 cm³/mol. The van der Waals surface area contributed by atoms with Gasteiger partial charge in [-0.05, 0) is 17.5 Å². The first-order valence-corrected chi connectivity index (χ1v) is 5.28. The first-order valence-electron chi connectivity index (χ1n) is 5.28. The number of hydrogen-bond acceptors (Lipinski definition) is 2. The minimum atomic E-state index is -0.0417. The Kier molecular flexibility index (Phi) is 2.39. The molecule has 0 spiro atoms. The van der Waals surface area contributed by atoms with E-state index < -0.39 is 0 Å². The number of anilines is 1. The summed E-state index contributed by atoms with van der Waals surface area (Å²) in [4.78, 5) is 11.7. The Labute approximate surface area is 89.7 Å². The first-order chi connectivity index (χ1) is 7.11. The van der Waals surface area contributed by atoms with Crippen molar-refractivity contribution in [3.63, 3.8) is 0 Å². The minimum Gasteiger partial charge on any atom is -0.398 e. The van der Waals surface area contributed by atoms with Gasteiger partial charge in [0.25, 0.3) is 5.91 Å².